The van der Waals surface area contributed by atoms with Crippen LogP contribution in [0.3, 0.4) is 0 Å². The van der Waals surface area contributed by atoms with Crippen LogP contribution < -0.4 is 0 Å². The van der Waals surface area contributed by atoms with E-state index in [9.17, 15) is 0 Å². The van der Waals surface area contributed by atoms with Gasteiger partial charge < -0.3 is 4.90 Å². The maximum Gasteiger partial charge on any atom is 0.0233 e. The van der Waals surface area contributed by atoms with Gasteiger partial charge in [0.25, 0.3) is 0 Å². The van der Waals surface area contributed by atoms with E-state index < -0.39 is 0 Å². The van der Waals surface area contributed by atoms with Crippen molar-refractivity contribution in [3.63, 3.8) is 0 Å². The minimum atomic E-state index is 0.979. The van der Waals surface area contributed by atoms with Crippen LogP contribution in [0, 0.1) is 26.2 Å². The number of aryl methyl sites for hydroxylation is 1. The van der Waals surface area contributed by atoms with Crippen molar-refractivity contribution >= 4 is 6.08 Å². The Bertz CT molecular complexity index is 517. The van der Waals surface area contributed by atoms with Crippen LogP contribution in [0.1, 0.15) is 48.9 Å². The van der Waals surface area contributed by atoms with Crippen molar-refractivity contribution in [1.82, 2.24) is 4.90 Å². The summed E-state index contributed by atoms with van der Waals surface area (Å²) in [6, 6.07) is 4.45. The SMILES string of the molecule is C#C/C(C)=C/c1c(C)ccc(CN(C)CCCC)c1C. The Hall–Kier alpha value is -1.52. The topological polar surface area (TPSA) is 3.24 Å². The Morgan fingerprint density at radius 3 is 2.65 bits per heavy atom. The van der Waals surface area contributed by atoms with Crippen LogP contribution >= 0.6 is 0 Å². The number of nitrogens with zero attached hydrogens (tertiary/aromatic N) is 1. The number of unbranched alkanes of at least 4 members (excludes halogenated alkanes) is 1. The second-order valence-electron chi connectivity index (χ2n) is 5.64. The Kier molecular flexibility index (Phi) is 6.55. The molecule has 0 unspecified atom stereocenters. The molecule has 0 radical (unpaired) electrons. The number of rotatable bonds is 6. The summed E-state index contributed by atoms with van der Waals surface area (Å²) in [5, 5.41) is 0. The van der Waals surface area contributed by atoms with Gasteiger partial charge >= 0.3 is 0 Å². The van der Waals surface area contributed by atoms with Crippen molar-refractivity contribution in [2.24, 2.45) is 0 Å². The molecule has 1 aromatic rings. The lowest BCUT2D eigenvalue weighted by atomic mass is 9.96. The molecule has 0 aliphatic heterocycles. The highest BCUT2D eigenvalue weighted by Gasteiger charge is 2.08. The van der Waals surface area contributed by atoms with Crippen molar-refractivity contribution in [1.29, 1.82) is 0 Å². The van der Waals surface area contributed by atoms with Gasteiger partial charge in [-0.2, -0.15) is 0 Å². The molecular formula is C19H27N. The zero-order valence-corrected chi connectivity index (χ0v) is 13.6. The van der Waals surface area contributed by atoms with Gasteiger partial charge in [-0.3, -0.25) is 0 Å². The monoisotopic (exact) mass is 269 g/mol. The third-order valence-electron chi connectivity index (χ3n) is 3.77. The summed E-state index contributed by atoms with van der Waals surface area (Å²) in [7, 11) is 2.19. The standard InChI is InChI=1S/C19H27N/c1-7-9-12-20(6)14-18-11-10-16(4)19(17(18)5)13-15(3)8-2/h2,10-11,13H,7,9,12,14H2,1,3-6H3/b15-13+. The van der Waals surface area contributed by atoms with Crippen molar-refractivity contribution in [3.8, 4) is 12.3 Å². The molecule has 0 atom stereocenters. The molecule has 0 spiro atoms. The van der Waals surface area contributed by atoms with Gasteiger partial charge in [0.1, 0.15) is 0 Å². The Morgan fingerprint density at radius 1 is 1.35 bits per heavy atom. The fraction of sp³-hybridized carbons (Fsp3) is 0.474. The third kappa shape index (κ3) is 4.54. The molecule has 0 bridgehead atoms. The van der Waals surface area contributed by atoms with Crippen LogP contribution in [0.25, 0.3) is 6.08 Å². The van der Waals surface area contributed by atoms with Gasteiger partial charge in [0, 0.05) is 6.54 Å². The Balaban J connectivity index is 3.00. The van der Waals surface area contributed by atoms with Crippen LogP contribution in [-0.4, -0.2) is 18.5 Å². The second-order valence-corrected chi connectivity index (χ2v) is 5.64. The van der Waals surface area contributed by atoms with Gasteiger partial charge in [-0.1, -0.05) is 31.4 Å². The van der Waals surface area contributed by atoms with E-state index in [0.717, 1.165) is 18.7 Å². The lowest BCUT2D eigenvalue weighted by Gasteiger charge is -2.19. The van der Waals surface area contributed by atoms with Crippen LogP contribution in [-0.2, 0) is 6.54 Å². The van der Waals surface area contributed by atoms with Gasteiger partial charge in [0.05, 0.1) is 0 Å². The Morgan fingerprint density at radius 2 is 2.05 bits per heavy atom. The first kappa shape index (κ1) is 16.5. The molecule has 0 N–H and O–H groups in total. The summed E-state index contributed by atoms with van der Waals surface area (Å²) in [4.78, 5) is 2.39. The highest BCUT2D eigenvalue weighted by atomic mass is 15.1. The Labute approximate surface area is 124 Å². The molecular weight excluding hydrogens is 242 g/mol. The smallest absolute Gasteiger partial charge is 0.0233 e. The molecule has 0 heterocycles. The average Bonchev–Trinajstić information content (AvgIpc) is 2.44. The zero-order chi connectivity index (χ0) is 15.1. The molecule has 0 aromatic heterocycles. The molecule has 1 heteroatoms. The summed E-state index contributed by atoms with van der Waals surface area (Å²) in [6.45, 7) is 10.7. The summed E-state index contributed by atoms with van der Waals surface area (Å²) >= 11 is 0. The van der Waals surface area contributed by atoms with Crippen molar-refractivity contribution < 1.29 is 0 Å². The summed E-state index contributed by atoms with van der Waals surface area (Å²) in [5.41, 5.74) is 6.29. The molecule has 108 valence electrons. The molecule has 0 aliphatic carbocycles. The minimum Gasteiger partial charge on any atom is -0.302 e. The zero-order valence-electron chi connectivity index (χ0n) is 13.6. The number of hydrogen-bond acceptors (Lipinski definition) is 1. The first-order valence-corrected chi connectivity index (χ1v) is 7.42. The highest BCUT2D eigenvalue weighted by molar-refractivity contribution is 5.64. The van der Waals surface area contributed by atoms with E-state index in [1.165, 1.54) is 35.1 Å². The molecule has 0 amide bonds. The van der Waals surface area contributed by atoms with E-state index >= 15 is 0 Å². The van der Waals surface area contributed by atoms with E-state index in [0.29, 0.717) is 0 Å². The lowest BCUT2D eigenvalue weighted by Crippen LogP contribution is -2.19. The highest BCUT2D eigenvalue weighted by Crippen LogP contribution is 2.22. The largest absolute Gasteiger partial charge is 0.302 e. The van der Waals surface area contributed by atoms with Crippen LogP contribution in [0.4, 0.5) is 0 Å². The third-order valence-corrected chi connectivity index (χ3v) is 3.77. The van der Waals surface area contributed by atoms with E-state index in [-0.39, 0.29) is 0 Å². The number of hydrogen-bond donors (Lipinski definition) is 0. The normalized spacial score (nSPS) is 11.8. The molecule has 1 aromatic carbocycles. The number of allylic oxidation sites excluding steroid dienone is 1. The van der Waals surface area contributed by atoms with Crippen molar-refractivity contribution in [2.75, 3.05) is 13.6 Å². The van der Waals surface area contributed by atoms with Gasteiger partial charge in [-0.15, -0.1) is 6.42 Å². The first-order valence-electron chi connectivity index (χ1n) is 7.42. The maximum atomic E-state index is 5.47. The van der Waals surface area contributed by atoms with Crippen LogP contribution in [0.5, 0.6) is 0 Å². The van der Waals surface area contributed by atoms with Gasteiger partial charge in [0.2, 0.25) is 0 Å². The second kappa shape index (κ2) is 7.92. The van der Waals surface area contributed by atoms with E-state index in [4.69, 9.17) is 6.42 Å². The molecule has 0 saturated heterocycles. The van der Waals surface area contributed by atoms with Crippen LogP contribution in [0.2, 0.25) is 0 Å². The molecule has 0 saturated carbocycles. The molecule has 1 nitrogen and oxygen atoms in total. The fourth-order valence-corrected chi connectivity index (χ4v) is 2.36. The number of benzene rings is 1. The van der Waals surface area contributed by atoms with E-state index in [2.05, 4.69) is 56.8 Å². The predicted molar refractivity (Wildman–Crippen MR) is 89.6 cm³/mol. The van der Waals surface area contributed by atoms with E-state index in [1.807, 2.05) is 6.92 Å². The first-order chi connectivity index (χ1) is 9.49. The van der Waals surface area contributed by atoms with Gasteiger partial charge in [-0.25, -0.2) is 0 Å². The molecule has 0 fully saturated rings. The van der Waals surface area contributed by atoms with Crippen molar-refractivity contribution in [3.05, 3.63) is 40.0 Å². The van der Waals surface area contributed by atoms with Crippen LogP contribution in [0.15, 0.2) is 17.7 Å². The molecule has 1 rings (SSSR count). The summed E-state index contributed by atoms with van der Waals surface area (Å²) in [5.74, 6) is 2.71. The maximum absolute atomic E-state index is 5.47. The van der Waals surface area contributed by atoms with Gasteiger partial charge in [0.15, 0.2) is 0 Å². The quantitative estimate of drug-likeness (QED) is 0.684. The van der Waals surface area contributed by atoms with E-state index in [1.54, 1.807) is 0 Å². The lowest BCUT2D eigenvalue weighted by molar-refractivity contribution is 0.320. The molecule has 20 heavy (non-hydrogen) atoms. The van der Waals surface area contributed by atoms with Crippen molar-refractivity contribution in [2.45, 2.75) is 47.1 Å². The average molecular weight is 269 g/mol. The summed E-state index contributed by atoms with van der Waals surface area (Å²) in [6.07, 6.45) is 10.1. The fourth-order valence-electron chi connectivity index (χ4n) is 2.36. The number of terminal acetylenes is 1. The van der Waals surface area contributed by atoms with Gasteiger partial charge in [-0.05, 0) is 74.7 Å². The molecule has 0 aliphatic rings. The minimum absolute atomic E-state index is 0.979. The predicted octanol–water partition coefficient (Wildman–Crippen LogP) is 4.57. The summed E-state index contributed by atoms with van der Waals surface area (Å²) < 4.78 is 0.